The number of esters is 1. The van der Waals surface area contributed by atoms with Gasteiger partial charge in [0.15, 0.2) is 0 Å². The normalized spacial score (nSPS) is 17.6. The van der Waals surface area contributed by atoms with Crippen LogP contribution in [0.4, 0.5) is 0 Å². The van der Waals surface area contributed by atoms with E-state index < -0.39 is 10.8 Å². The van der Waals surface area contributed by atoms with Crippen LogP contribution in [0.1, 0.15) is 43.2 Å². The molecular weight excluding hydrogens is 557 g/mol. The highest BCUT2D eigenvalue weighted by atomic mass is 32.2. The van der Waals surface area contributed by atoms with Crippen LogP contribution in [0.25, 0.3) is 21.7 Å². The van der Waals surface area contributed by atoms with Crippen molar-refractivity contribution in [1.82, 2.24) is 4.98 Å². The standard InChI is InChI=1S/C32H30N2O3S3/c33-21-26-25(24-12-5-2-6-13-24)20-27(29-15-9-18-38-29)34-32(26)39-19-17-31(35)37-28-14-7-8-16-30(28)40(36)22-23-10-3-1-4-11-23/h1-6,9-13,15,18,20,28,30H,7-8,14,16-17,19,22H2/t28-,30+,40-/m0/s1. The van der Waals surface area contributed by atoms with Gasteiger partial charge in [0.25, 0.3) is 0 Å². The zero-order valence-corrected chi connectivity index (χ0v) is 24.5. The fraction of sp³-hybridized carbons (Fsp3) is 0.281. The van der Waals surface area contributed by atoms with Crippen molar-refractivity contribution in [2.45, 2.75) is 54.2 Å². The van der Waals surface area contributed by atoms with Crippen LogP contribution in [0.2, 0.25) is 0 Å². The molecule has 0 N–H and O–H groups in total. The number of hydrogen-bond donors (Lipinski definition) is 0. The lowest BCUT2D eigenvalue weighted by atomic mass is 9.97. The molecule has 1 aliphatic carbocycles. The van der Waals surface area contributed by atoms with Gasteiger partial charge in [-0.05, 0) is 47.9 Å². The predicted molar refractivity (Wildman–Crippen MR) is 163 cm³/mol. The second kappa shape index (κ2) is 13.9. The van der Waals surface area contributed by atoms with E-state index in [1.54, 1.807) is 11.3 Å². The molecule has 0 radical (unpaired) electrons. The summed E-state index contributed by atoms with van der Waals surface area (Å²) in [5.41, 5.74) is 4.13. The molecule has 4 aromatic rings. The molecular formula is C32H30N2O3S3. The summed E-state index contributed by atoms with van der Waals surface area (Å²) in [5, 5.41) is 12.5. The number of aromatic nitrogens is 1. The highest BCUT2D eigenvalue weighted by Gasteiger charge is 2.32. The molecule has 2 heterocycles. The first-order valence-corrected chi connectivity index (χ1v) is 16.6. The largest absolute Gasteiger partial charge is 0.461 e. The molecule has 5 nitrogen and oxygen atoms in total. The average Bonchev–Trinajstić information content (AvgIpc) is 3.53. The van der Waals surface area contributed by atoms with Gasteiger partial charge in [0.05, 0.1) is 27.8 Å². The number of nitriles is 1. The Bertz CT molecular complexity index is 1490. The summed E-state index contributed by atoms with van der Waals surface area (Å²) in [4.78, 5) is 18.7. The van der Waals surface area contributed by atoms with E-state index in [0.29, 0.717) is 22.1 Å². The Morgan fingerprint density at radius 2 is 1.80 bits per heavy atom. The molecule has 0 spiro atoms. The second-order valence-electron chi connectivity index (χ2n) is 9.65. The Morgan fingerprint density at radius 3 is 2.52 bits per heavy atom. The molecule has 5 rings (SSSR count). The van der Waals surface area contributed by atoms with Crippen LogP contribution in [-0.4, -0.2) is 32.3 Å². The molecule has 204 valence electrons. The van der Waals surface area contributed by atoms with Crippen LogP contribution < -0.4 is 0 Å². The predicted octanol–water partition coefficient (Wildman–Crippen LogP) is 7.63. The smallest absolute Gasteiger partial charge is 0.306 e. The maximum atomic E-state index is 13.2. The summed E-state index contributed by atoms with van der Waals surface area (Å²) in [6, 6.07) is 28.0. The Hall–Kier alpha value is -3.25. The van der Waals surface area contributed by atoms with Crippen molar-refractivity contribution in [3.05, 3.63) is 95.4 Å². The fourth-order valence-electron chi connectivity index (χ4n) is 4.93. The number of pyridine rings is 1. The molecule has 2 aromatic heterocycles. The van der Waals surface area contributed by atoms with Gasteiger partial charge in [-0.1, -0.05) is 73.2 Å². The Morgan fingerprint density at radius 1 is 1.05 bits per heavy atom. The third kappa shape index (κ3) is 7.08. The lowest BCUT2D eigenvalue weighted by Crippen LogP contribution is -2.38. The van der Waals surface area contributed by atoms with E-state index in [-0.39, 0.29) is 23.7 Å². The van der Waals surface area contributed by atoms with Gasteiger partial charge in [-0.3, -0.25) is 9.00 Å². The SMILES string of the molecule is N#Cc1c(-c2ccccc2)cc(-c2cccs2)nc1SCCC(=O)O[C@H]1CCCC[C@H]1[S@@](=O)Cc1ccccc1. The molecule has 1 fully saturated rings. The highest BCUT2D eigenvalue weighted by molar-refractivity contribution is 7.99. The highest BCUT2D eigenvalue weighted by Crippen LogP contribution is 2.36. The summed E-state index contributed by atoms with van der Waals surface area (Å²) in [6.45, 7) is 0. The first kappa shape index (κ1) is 28.3. The minimum absolute atomic E-state index is 0.145. The van der Waals surface area contributed by atoms with Crippen LogP contribution in [0.15, 0.2) is 89.3 Å². The molecule has 0 amide bonds. The van der Waals surface area contributed by atoms with E-state index in [1.807, 2.05) is 84.2 Å². The van der Waals surface area contributed by atoms with E-state index >= 15 is 0 Å². The Labute approximate surface area is 246 Å². The van der Waals surface area contributed by atoms with Crippen molar-refractivity contribution in [3.8, 4) is 27.8 Å². The quantitative estimate of drug-likeness (QED) is 0.140. The Balaban J connectivity index is 1.26. The van der Waals surface area contributed by atoms with Crippen molar-refractivity contribution in [3.63, 3.8) is 0 Å². The van der Waals surface area contributed by atoms with Gasteiger partial charge in [0.2, 0.25) is 0 Å². The van der Waals surface area contributed by atoms with Crippen LogP contribution in [0.5, 0.6) is 0 Å². The van der Waals surface area contributed by atoms with E-state index in [9.17, 15) is 14.3 Å². The number of ether oxygens (including phenoxy) is 1. The van der Waals surface area contributed by atoms with Gasteiger partial charge in [-0.25, -0.2) is 4.98 Å². The first-order valence-electron chi connectivity index (χ1n) is 13.4. The van der Waals surface area contributed by atoms with Gasteiger partial charge in [0.1, 0.15) is 17.2 Å². The van der Waals surface area contributed by atoms with Crippen LogP contribution in [0, 0.1) is 11.3 Å². The van der Waals surface area contributed by atoms with Crippen LogP contribution >= 0.6 is 23.1 Å². The van der Waals surface area contributed by atoms with Crippen LogP contribution in [-0.2, 0) is 26.1 Å². The zero-order chi connectivity index (χ0) is 27.7. The molecule has 8 heteroatoms. The molecule has 40 heavy (non-hydrogen) atoms. The molecule has 2 aromatic carbocycles. The van der Waals surface area contributed by atoms with E-state index in [0.717, 1.165) is 52.9 Å². The van der Waals surface area contributed by atoms with Gasteiger partial charge in [-0.15, -0.1) is 23.1 Å². The van der Waals surface area contributed by atoms with Crippen molar-refractivity contribution in [1.29, 1.82) is 5.26 Å². The summed E-state index contributed by atoms with van der Waals surface area (Å²) < 4.78 is 19.1. The third-order valence-electron chi connectivity index (χ3n) is 6.92. The van der Waals surface area contributed by atoms with Crippen molar-refractivity contribution >= 4 is 39.9 Å². The van der Waals surface area contributed by atoms with E-state index in [2.05, 4.69) is 6.07 Å². The number of carbonyl (C=O) groups is 1. The minimum atomic E-state index is -1.11. The first-order chi connectivity index (χ1) is 19.6. The lowest BCUT2D eigenvalue weighted by molar-refractivity contribution is -0.149. The monoisotopic (exact) mass is 586 g/mol. The number of thioether (sulfide) groups is 1. The van der Waals surface area contributed by atoms with Gasteiger partial charge >= 0.3 is 5.97 Å². The van der Waals surface area contributed by atoms with E-state index in [1.165, 1.54) is 11.8 Å². The van der Waals surface area contributed by atoms with Gasteiger partial charge in [-0.2, -0.15) is 5.26 Å². The molecule has 1 saturated carbocycles. The fourth-order valence-corrected chi connectivity index (χ4v) is 8.24. The second-order valence-corrected chi connectivity index (χ2v) is 13.3. The summed E-state index contributed by atoms with van der Waals surface area (Å²) >= 11 is 3.00. The lowest BCUT2D eigenvalue weighted by Gasteiger charge is -2.30. The number of carbonyl (C=O) groups excluding carboxylic acids is 1. The topological polar surface area (TPSA) is 80.1 Å². The maximum Gasteiger partial charge on any atom is 0.306 e. The molecule has 3 atom stereocenters. The summed E-state index contributed by atoms with van der Waals surface area (Å²) in [5.74, 6) is 0.618. The molecule has 0 unspecified atom stereocenters. The summed E-state index contributed by atoms with van der Waals surface area (Å²) in [6.07, 6.45) is 3.39. The van der Waals surface area contributed by atoms with Crippen molar-refractivity contribution in [2.24, 2.45) is 0 Å². The summed E-state index contributed by atoms with van der Waals surface area (Å²) in [7, 11) is -1.11. The van der Waals surface area contributed by atoms with E-state index in [4.69, 9.17) is 9.72 Å². The average molecular weight is 587 g/mol. The molecule has 0 saturated heterocycles. The van der Waals surface area contributed by atoms with Crippen molar-refractivity contribution in [2.75, 3.05) is 5.75 Å². The number of benzene rings is 2. The van der Waals surface area contributed by atoms with Gasteiger partial charge < -0.3 is 4.74 Å². The molecule has 0 bridgehead atoms. The zero-order valence-electron chi connectivity index (χ0n) is 22.0. The van der Waals surface area contributed by atoms with Crippen molar-refractivity contribution < 1.29 is 13.7 Å². The maximum absolute atomic E-state index is 13.2. The number of thiophene rings is 1. The Kier molecular flexibility index (Phi) is 9.82. The number of hydrogen-bond acceptors (Lipinski definition) is 7. The third-order valence-corrected chi connectivity index (χ3v) is 10.6. The number of nitrogens with zero attached hydrogens (tertiary/aromatic N) is 2. The van der Waals surface area contributed by atoms with Gasteiger partial charge in [0, 0.05) is 27.9 Å². The number of rotatable bonds is 10. The van der Waals surface area contributed by atoms with Crippen LogP contribution in [0.3, 0.4) is 0 Å². The molecule has 0 aliphatic heterocycles. The minimum Gasteiger partial charge on any atom is -0.461 e. The molecule has 1 aliphatic rings.